The van der Waals surface area contributed by atoms with Crippen molar-refractivity contribution in [3.05, 3.63) is 65.7 Å². The number of rotatable bonds is 1. The van der Waals surface area contributed by atoms with Gasteiger partial charge >= 0.3 is 0 Å². The van der Waals surface area contributed by atoms with Gasteiger partial charge in [0.2, 0.25) is 5.91 Å². The molecule has 3 rings (SSSR count). The van der Waals surface area contributed by atoms with Gasteiger partial charge in [0.15, 0.2) is 0 Å². The first-order valence-corrected chi connectivity index (χ1v) is 6.09. The molecule has 2 heteroatoms. The molecule has 1 aliphatic heterocycles. The van der Waals surface area contributed by atoms with Crippen LogP contribution in [0.2, 0.25) is 0 Å². The average Bonchev–Trinajstić information content (AvgIpc) is 2.64. The molecule has 0 aliphatic carbocycles. The highest BCUT2D eigenvalue weighted by Crippen LogP contribution is 2.44. The molecule has 0 fully saturated rings. The number of hydrogen-bond acceptors (Lipinski definition) is 1. The van der Waals surface area contributed by atoms with Gasteiger partial charge in [-0.3, -0.25) is 4.79 Å². The molecular formula is C16H15NO. The van der Waals surface area contributed by atoms with Crippen molar-refractivity contribution in [3.63, 3.8) is 0 Å². The smallest absolute Gasteiger partial charge is 0.241 e. The highest BCUT2D eigenvalue weighted by molar-refractivity contribution is 6.09. The maximum absolute atomic E-state index is 12.6. The van der Waals surface area contributed by atoms with E-state index in [1.807, 2.05) is 68.6 Å². The van der Waals surface area contributed by atoms with Crippen LogP contribution in [0, 0.1) is 0 Å². The van der Waals surface area contributed by atoms with Crippen LogP contribution in [-0.2, 0) is 10.2 Å². The van der Waals surface area contributed by atoms with Crippen LogP contribution in [0.4, 0.5) is 5.69 Å². The number of carbonyl (C=O) groups is 1. The molecule has 0 spiro atoms. The van der Waals surface area contributed by atoms with Gasteiger partial charge in [-0.15, -0.1) is 0 Å². The van der Waals surface area contributed by atoms with E-state index in [-0.39, 0.29) is 5.91 Å². The first-order chi connectivity index (χ1) is 8.65. The van der Waals surface area contributed by atoms with Gasteiger partial charge in [0, 0.05) is 12.7 Å². The molecule has 1 aliphatic rings. The molecule has 1 atom stereocenters. The number of amides is 1. The Morgan fingerprint density at radius 3 is 2.28 bits per heavy atom. The van der Waals surface area contributed by atoms with E-state index in [4.69, 9.17) is 0 Å². The molecule has 1 heterocycles. The number of anilines is 1. The van der Waals surface area contributed by atoms with E-state index in [0.717, 1.165) is 16.8 Å². The number of fused-ring (bicyclic) bond motifs is 1. The van der Waals surface area contributed by atoms with Crippen molar-refractivity contribution in [2.24, 2.45) is 0 Å². The molecular weight excluding hydrogens is 222 g/mol. The molecule has 1 amide bonds. The monoisotopic (exact) mass is 237 g/mol. The fourth-order valence-corrected chi connectivity index (χ4v) is 2.80. The highest BCUT2D eigenvalue weighted by atomic mass is 16.2. The molecule has 0 unspecified atom stereocenters. The topological polar surface area (TPSA) is 20.3 Å². The highest BCUT2D eigenvalue weighted by Gasteiger charge is 2.46. The fourth-order valence-electron chi connectivity index (χ4n) is 2.80. The first-order valence-electron chi connectivity index (χ1n) is 6.09. The minimum atomic E-state index is -0.563. The van der Waals surface area contributed by atoms with Gasteiger partial charge in [-0.2, -0.15) is 0 Å². The molecule has 0 aromatic heterocycles. The maximum Gasteiger partial charge on any atom is 0.241 e. The summed E-state index contributed by atoms with van der Waals surface area (Å²) >= 11 is 0. The second kappa shape index (κ2) is 3.70. The SMILES string of the molecule is CN1C(=O)[C@@](C)(c2ccccc2)c2ccccc21. The average molecular weight is 237 g/mol. The van der Waals surface area contributed by atoms with Crippen molar-refractivity contribution in [1.29, 1.82) is 0 Å². The number of nitrogens with zero attached hydrogens (tertiary/aromatic N) is 1. The Kier molecular flexibility index (Phi) is 2.27. The number of likely N-dealkylation sites (N-methyl/N-ethyl adjacent to an activating group) is 1. The van der Waals surface area contributed by atoms with E-state index in [1.165, 1.54) is 0 Å². The van der Waals surface area contributed by atoms with E-state index in [1.54, 1.807) is 4.90 Å². The van der Waals surface area contributed by atoms with Gasteiger partial charge in [0.1, 0.15) is 0 Å². The van der Waals surface area contributed by atoms with Crippen LogP contribution in [0.5, 0.6) is 0 Å². The summed E-state index contributed by atoms with van der Waals surface area (Å²) in [5, 5.41) is 0. The zero-order valence-electron chi connectivity index (χ0n) is 10.6. The van der Waals surface area contributed by atoms with E-state index in [0.29, 0.717) is 0 Å². The predicted octanol–water partition coefficient (Wildman–Crippen LogP) is 2.97. The van der Waals surface area contributed by atoms with Gasteiger partial charge in [-0.25, -0.2) is 0 Å². The molecule has 0 bridgehead atoms. The normalized spacial score (nSPS) is 22.1. The van der Waals surface area contributed by atoms with Crippen LogP contribution in [0.25, 0.3) is 0 Å². The molecule has 0 radical (unpaired) electrons. The Hall–Kier alpha value is -2.09. The number of para-hydroxylation sites is 1. The summed E-state index contributed by atoms with van der Waals surface area (Å²) in [6.07, 6.45) is 0. The van der Waals surface area contributed by atoms with Crippen LogP contribution in [0.3, 0.4) is 0 Å². The van der Waals surface area contributed by atoms with Crippen molar-refractivity contribution in [2.45, 2.75) is 12.3 Å². The number of carbonyl (C=O) groups excluding carboxylic acids is 1. The maximum atomic E-state index is 12.6. The summed E-state index contributed by atoms with van der Waals surface area (Å²) in [7, 11) is 1.84. The van der Waals surface area contributed by atoms with Crippen molar-refractivity contribution >= 4 is 11.6 Å². The lowest BCUT2D eigenvalue weighted by molar-refractivity contribution is -0.121. The minimum absolute atomic E-state index is 0.134. The zero-order valence-corrected chi connectivity index (χ0v) is 10.6. The molecule has 2 aromatic carbocycles. The Morgan fingerprint density at radius 2 is 1.56 bits per heavy atom. The van der Waals surface area contributed by atoms with Crippen LogP contribution in [0.1, 0.15) is 18.1 Å². The summed E-state index contributed by atoms with van der Waals surface area (Å²) in [4.78, 5) is 14.4. The Morgan fingerprint density at radius 1 is 0.944 bits per heavy atom. The van der Waals surface area contributed by atoms with E-state index < -0.39 is 5.41 Å². The van der Waals surface area contributed by atoms with Crippen LogP contribution in [0.15, 0.2) is 54.6 Å². The largest absolute Gasteiger partial charge is 0.314 e. The van der Waals surface area contributed by atoms with Crippen LogP contribution >= 0.6 is 0 Å². The van der Waals surface area contributed by atoms with E-state index >= 15 is 0 Å². The summed E-state index contributed by atoms with van der Waals surface area (Å²) < 4.78 is 0. The van der Waals surface area contributed by atoms with Gasteiger partial charge in [0.05, 0.1) is 5.41 Å². The predicted molar refractivity (Wildman–Crippen MR) is 72.7 cm³/mol. The Labute approximate surface area is 107 Å². The fraction of sp³-hybridized carbons (Fsp3) is 0.188. The van der Waals surface area contributed by atoms with E-state index in [2.05, 4.69) is 0 Å². The molecule has 90 valence electrons. The van der Waals surface area contributed by atoms with E-state index in [9.17, 15) is 4.79 Å². The zero-order chi connectivity index (χ0) is 12.8. The summed E-state index contributed by atoms with van der Waals surface area (Å²) in [6.45, 7) is 2.01. The number of benzene rings is 2. The summed E-state index contributed by atoms with van der Waals surface area (Å²) in [6, 6.07) is 18.0. The first kappa shape index (κ1) is 11.0. The van der Waals surface area contributed by atoms with Crippen LogP contribution in [-0.4, -0.2) is 13.0 Å². The molecule has 2 aromatic rings. The second-order valence-corrected chi connectivity index (χ2v) is 4.87. The third-order valence-corrected chi connectivity index (χ3v) is 3.89. The third-order valence-electron chi connectivity index (χ3n) is 3.89. The lowest BCUT2D eigenvalue weighted by atomic mass is 9.77. The lowest BCUT2D eigenvalue weighted by Gasteiger charge is -2.23. The van der Waals surface area contributed by atoms with Gasteiger partial charge in [0.25, 0.3) is 0 Å². The third kappa shape index (κ3) is 1.26. The molecule has 0 N–H and O–H groups in total. The second-order valence-electron chi connectivity index (χ2n) is 4.87. The van der Waals surface area contributed by atoms with Crippen molar-refractivity contribution < 1.29 is 4.79 Å². The molecule has 0 saturated carbocycles. The lowest BCUT2D eigenvalue weighted by Crippen LogP contribution is -2.36. The van der Waals surface area contributed by atoms with Crippen molar-refractivity contribution in [3.8, 4) is 0 Å². The van der Waals surface area contributed by atoms with Gasteiger partial charge in [-0.05, 0) is 24.1 Å². The summed E-state index contributed by atoms with van der Waals surface area (Å²) in [5.41, 5.74) is 2.58. The standard InChI is InChI=1S/C16H15NO/c1-16(12-8-4-3-5-9-12)13-10-6-7-11-14(13)17(2)15(16)18/h3-11H,1-2H3/t16-/m0/s1. The number of hydrogen-bond donors (Lipinski definition) is 0. The van der Waals surface area contributed by atoms with Crippen LogP contribution < -0.4 is 4.90 Å². The molecule has 2 nitrogen and oxygen atoms in total. The molecule has 0 saturated heterocycles. The summed E-state index contributed by atoms with van der Waals surface area (Å²) in [5.74, 6) is 0.134. The van der Waals surface area contributed by atoms with Gasteiger partial charge in [-0.1, -0.05) is 48.5 Å². The minimum Gasteiger partial charge on any atom is -0.314 e. The van der Waals surface area contributed by atoms with Crippen molar-refractivity contribution in [2.75, 3.05) is 11.9 Å². The Balaban J connectivity index is 2.27. The molecule has 18 heavy (non-hydrogen) atoms. The van der Waals surface area contributed by atoms with Crippen molar-refractivity contribution in [1.82, 2.24) is 0 Å². The quantitative estimate of drug-likeness (QED) is 0.746. The Bertz CT molecular complexity index is 606. The van der Waals surface area contributed by atoms with Gasteiger partial charge < -0.3 is 4.90 Å².